The van der Waals surface area contributed by atoms with E-state index in [1.54, 1.807) is 14.2 Å². The molecule has 0 saturated heterocycles. The van der Waals surface area contributed by atoms with Gasteiger partial charge in [-0.05, 0) is 85.3 Å². The van der Waals surface area contributed by atoms with Crippen molar-refractivity contribution in [2.75, 3.05) is 14.2 Å². The van der Waals surface area contributed by atoms with E-state index in [9.17, 15) is 0 Å². The summed E-state index contributed by atoms with van der Waals surface area (Å²) in [7, 11) is 3.45. The lowest BCUT2D eigenvalue weighted by molar-refractivity contribution is 0.410. The average molecular weight is 312 g/mol. The van der Waals surface area contributed by atoms with Crippen molar-refractivity contribution in [2.24, 2.45) is 0 Å². The highest BCUT2D eigenvalue weighted by Gasteiger charge is 2.29. The van der Waals surface area contributed by atoms with Crippen LogP contribution in [0.25, 0.3) is 0 Å². The van der Waals surface area contributed by atoms with Gasteiger partial charge in [0.1, 0.15) is 11.5 Å². The van der Waals surface area contributed by atoms with Crippen LogP contribution in [-0.2, 0) is 5.41 Å². The molecule has 23 heavy (non-hydrogen) atoms. The van der Waals surface area contributed by atoms with E-state index in [2.05, 4.69) is 65.8 Å². The van der Waals surface area contributed by atoms with E-state index in [0.717, 1.165) is 11.5 Å². The SMILES string of the molecule is COc1cc(C)c(C)c(C(C)(C)c2cc(OC)cc(C)c2C)c1. The lowest BCUT2D eigenvalue weighted by atomic mass is 9.73. The van der Waals surface area contributed by atoms with Gasteiger partial charge >= 0.3 is 0 Å². The third-order valence-electron chi connectivity index (χ3n) is 5.10. The van der Waals surface area contributed by atoms with Crippen molar-refractivity contribution in [3.63, 3.8) is 0 Å². The van der Waals surface area contributed by atoms with Gasteiger partial charge in [0.15, 0.2) is 0 Å². The van der Waals surface area contributed by atoms with E-state index in [1.165, 1.54) is 33.4 Å². The minimum Gasteiger partial charge on any atom is -0.497 e. The van der Waals surface area contributed by atoms with Crippen molar-refractivity contribution in [2.45, 2.75) is 47.0 Å². The zero-order valence-corrected chi connectivity index (χ0v) is 15.6. The van der Waals surface area contributed by atoms with E-state index in [4.69, 9.17) is 9.47 Å². The van der Waals surface area contributed by atoms with Crippen LogP contribution in [0.1, 0.15) is 47.2 Å². The highest BCUT2D eigenvalue weighted by atomic mass is 16.5. The predicted molar refractivity (Wildman–Crippen MR) is 97.1 cm³/mol. The summed E-state index contributed by atoms with van der Waals surface area (Å²) in [6, 6.07) is 8.52. The molecule has 0 aliphatic heterocycles. The Morgan fingerprint density at radius 3 is 1.30 bits per heavy atom. The number of ether oxygens (including phenoxy) is 2. The van der Waals surface area contributed by atoms with Gasteiger partial charge < -0.3 is 9.47 Å². The fraction of sp³-hybridized carbons (Fsp3) is 0.429. The van der Waals surface area contributed by atoms with E-state index >= 15 is 0 Å². The molecule has 0 N–H and O–H groups in total. The van der Waals surface area contributed by atoms with Gasteiger partial charge in [0.2, 0.25) is 0 Å². The van der Waals surface area contributed by atoms with Crippen molar-refractivity contribution < 1.29 is 9.47 Å². The first kappa shape index (κ1) is 17.4. The number of benzene rings is 2. The van der Waals surface area contributed by atoms with Gasteiger partial charge in [-0.2, -0.15) is 0 Å². The predicted octanol–water partition coefficient (Wildman–Crippen LogP) is 5.26. The molecule has 0 fully saturated rings. The minimum atomic E-state index is -0.132. The van der Waals surface area contributed by atoms with Crippen molar-refractivity contribution in [1.82, 2.24) is 0 Å². The fourth-order valence-corrected chi connectivity index (χ4v) is 3.33. The van der Waals surface area contributed by atoms with Gasteiger partial charge in [0.25, 0.3) is 0 Å². The molecule has 0 unspecified atom stereocenters. The van der Waals surface area contributed by atoms with Crippen LogP contribution in [0.2, 0.25) is 0 Å². The maximum Gasteiger partial charge on any atom is 0.119 e. The minimum absolute atomic E-state index is 0.132. The van der Waals surface area contributed by atoms with Crippen LogP contribution in [0.5, 0.6) is 11.5 Å². The van der Waals surface area contributed by atoms with Crippen LogP contribution >= 0.6 is 0 Å². The number of rotatable bonds is 4. The van der Waals surface area contributed by atoms with E-state index in [-0.39, 0.29) is 5.41 Å². The molecule has 0 saturated carbocycles. The second-order valence-electron chi connectivity index (χ2n) is 6.86. The topological polar surface area (TPSA) is 18.5 Å². The molecule has 2 nitrogen and oxygen atoms in total. The smallest absolute Gasteiger partial charge is 0.119 e. The van der Waals surface area contributed by atoms with E-state index < -0.39 is 0 Å². The Hall–Kier alpha value is -1.96. The second-order valence-corrected chi connectivity index (χ2v) is 6.86. The summed E-state index contributed by atoms with van der Waals surface area (Å²) in [5, 5.41) is 0. The summed E-state index contributed by atoms with van der Waals surface area (Å²) in [6.07, 6.45) is 0. The van der Waals surface area contributed by atoms with Crippen LogP contribution in [0.15, 0.2) is 24.3 Å². The van der Waals surface area contributed by atoms with Gasteiger partial charge in [-0.15, -0.1) is 0 Å². The first-order chi connectivity index (χ1) is 10.7. The van der Waals surface area contributed by atoms with Crippen LogP contribution in [0.4, 0.5) is 0 Å². The molecule has 2 rings (SSSR count). The molecule has 0 spiro atoms. The molecule has 2 aromatic rings. The van der Waals surface area contributed by atoms with Crippen LogP contribution < -0.4 is 9.47 Å². The normalized spacial score (nSPS) is 11.5. The largest absolute Gasteiger partial charge is 0.497 e. The Balaban J connectivity index is 2.72. The maximum absolute atomic E-state index is 5.50. The van der Waals surface area contributed by atoms with E-state index in [0.29, 0.717) is 0 Å². The molecule has 0 aliphatic rings. The van der Waals surface area contributed by atoms with Crippen molar-refractivity contribution in [3.05, 3.63) is 57.6 Å². The Kier molecular flexibility index (Phi) is 4.74. The zero-order chi connectivity index (χ0) is 17.4. The zero-order valence-electron chi connectivity index (χ0n) is 15.6. The summed E-state index contributed by atoms with van der Waals surface area (Å²) in [5.74, 6) is 1.82. The van der Waals surface area contributed by atoms with Crippen LogP contribution in [0, 0.1) is 27.7 Å². The number of hydrogen-bond acceptors (Lipinski definition) is 2. The molecule has 0 radical (unpaired) electrons. The summed E-state index contributed by atoms with van der Waals surface area (Å²) in [6.45, 7) is 13.2. The molecule has 0 bridgehead atoms. The molecule has 0 amide bonds. The average Bonchev–Trinajstić information content (AvgIpc) is 2.51. The first-order valence-corrected chi connectivity index (χ1v) is 8.03. The number of hydrogen-bond donors (Lipinski definition) is 0. The van der Waals surface area contributed by atoms with E-state index in [1.807, 2.05) is 0 Å². The summed E-state index contributed by atoms with van der Waals surface area (Å²) >= 11 is 0. The number of methoxy groups -OCH3 is 2. The second kappa shape index (κ2) is 6.27. The Bertz CT molecular complexity index is 666. The van der Waals surface area contributed by atoms with Crippen LogP contribution in [-0.4, -0.2) is 14.2 Å². The first-order valence-electron chi connectivity index (χ1n) is 8.03. The molecule has 0 aliphatic carbocycles. The fourth-order valence-electron chi connectivity index (χ4n) is 3.33. The third kappa shape index (κ3) is 3.08. The van der Waals surface area contributed by atoms with Gasteiger partial charge in [-0.3, -0.25) is 0 Å². The summed E-state index contributed by atoms with van der Waals surface area (Å²) in [4.78, 5) is 0. The quantitative estimate of drug-likeness (QED) is 0.766. The monoisotopic (exact) mass is 312 g/mol. The lowest BCUT2D eigenvalue weighted by Gasteiger charge is -2.31. The van der Waals surface area contributed by atoms with Gasteiger partial charge in [-0.1, -0.05) is 13.8 Å². The Morgan fingerprint density at radius 1 is 0.652 bits per heavy atom. The van der Waals surface area contributed by atoms with Crippen molar-refractivity contribution >= 4 is 0 Å². The maximum atomic E-state index is 5.50. The molecule has 124 valence electrons. The molecular formula is C21H28O2. The molecule has 0 atom stereocenters. The van der Waals surface area contributed by atoms with Crippen molar-refractivity contribution in [1.29, 1.82) is 0 Å². The lowest BCUT2D eigenvalue weighted by Crippen LogP contribution is -2.22. The number of aryl methyl sites for hydroxylation is 2. The molecule has 0 heterocycles. The Labute approximate surface area is 140 Å². The molecule has 0 aromatic heterocycles. The van der Waals surface area contributed by atoms with Gasteiger partial charge in [0.05, 0.1) is 14.2 Å². The third-order valence-corrected chi connectivity index (χ3v) is 5.10. The summed E-state index contributed by atoms with van der Waals surface area (Å²) in [5.41, 5.74) is 7.60. The standard InChI is InChI=1S/C21H28O2/c1-13-9-17(22-7)11-19(15(13)3)21(5,6)20-12-18(23-8)10-14(2)16(20)4/h9-12H,1-8H3. The highest BCUT2D eigenvalue weighted by molar-refractivity contribution is 5.53. The van der Waals surface area contributed by atoms with Gasteiger partial charge in [0, 0.05) is 5.41 Å². The summed E-state index contributed by atoms with van der Waals surface area (Å²) < 4.78 is 11.0. The van der Waals surface area contributed by atoms with Crippen LogP contribution in [0.3, 0.4) is 0 Å². The highest BCUT2D eigenvalue weighted by Crippen LogP contribution is 2.40. The molecule has 2 aromatic carbocycles. The molecular weight excluding hydrogens is 284 g/mol. The molecule has 2 heteroatoms. The Morgan fingerprint density at radius 2 is 1.00 bits per heavy atom. The van der Waals surface area contributed by atoms with Crippen molar-refractivity contribution in [3.8, 4) is 11.5 Å². The van der Waals surface area contributed by atoms with Gasteiger partial charge in [-0.25, -0.2) is 0 Å².